The van der Waals surface area contributed by atoms with Gasteiger partial charge in [0.1, 0.15) is 0 Å². The molecule has 0 amide bonds. The van der Waals surface area contributed by atoms with Gasteiger partial charge in [0.2, 0.25) is 0 Å². The fraction of sp³-hybridized carbons (Fsp3) is 0.786. The molecule has 0 bridgehead atoms. The molecular formula is C14H24O3. The lowest BCUT2D eigenvalue weighted by atomic mass is 9.91. The minimum absolute atomic E-state index is 0.547. The first kappa shape index (κ1) is 14.2. The van der Waals surface area contributed by atoms with Crippen LogP contribution in [0.4, 0.5) is 0 Å². The Kier molecular flexibility index (Phi) is 6.27. The number of unbranched alkanes of at least 4 members (excludes halogenated alkanes) is 3. The van der Waals surface area contributed by atoms with Crippen molar-refractivity contribution in [2.75, 3.05) is 13.2 Å². The summed E-state index contributed by atoms with van der Waals surface area (Å²) in [7, 11) is 0. The molecule has 3 nitrogen and oxygen atoms in total. The Hall–Kier alpha value is -0.830. The van der Waals surface area contributed by atoms with Gasteiger partial charge < -0.3 is 9.84 Å². The summed E-state index contributed by atoms with van der Waals surface area (Å²) >= 11 is 0. The van der Waals surface area contributed by atoms with E-state index in [1.165, 1.54) is 19.3 Å². The Morgan fingerprint density at radius 2 is 2.00 bits per heavy atom. The van der Waals surface area contributed by atoms with Gasteiger partial charge >= 0.3 is 5.97 Å². The second-order valence-electron chi connectivity index (χ2n) is 4.95. The van der Waals surface area contributed by atoms with Crippen LogP contribution in [0.2, 0.25) is 0 Å². The van der Waals surface area contributed by atoms with Gasteiger partial charge in [-0.2, -0.15) is 0 Å². The molecule has 0 unspecified atom stereocenters. The first-order chi connectivity index (χ1) is 8.15. The number of hydrogen-bond donors (Lipinski definition) is 1. The molecule has 0 aromatic heterocycles. The van der Waals surface area contributed by atoms with Crippen LogP contribution in [-0.4, -0.2) is 24.3 Å². The third-order valence-corrected chi connectivity index (χ3v) is 3.43. The van der Waals surface area contributed by atoms with Crippen molar-refractivity contribution < 1.29 is 14.6 Å². The van der Waals surface area contributed by atoms with Crippen molar-refractivity contribution in [3.63, 3.8) is 0 Å². The van der Waals surface area contributed by atoms with E-state index in [0.717, 1.165) is 38.0 Å². The van der Waals surface area contributed by atoms with Crippen molar-refractivity contribution in [1.82, 2.24) is 0 Å². The van der Waals surface area contributed by atoms with E-state index in [-0.39, 0.29) is 0 Å². The number of ether oxygens (including phenoxy) is 1. The summed E-state index contributed by atoms with van der Waals surface area (Å²) in [5.41, 5.74) is 1.68. The molecule has 98 valence electrons. The predicted octanol–water partition coefficient (Wildman–Crippen LogP) is 3.39. The summed E-state index contributed by atoms with van der Waals surface area (Å²) < 4.78 is 5.15. The van der Waals surface area contributed by atoms with E-state index in [1.54, 1.807) is 6.92 Å². The Morgan fingerprint density at radius 1 is 1.29 bits per heavy atom. The lowest BCUT2D eigenvalue weighted by molar-refractivity contribution is -0.132. The maximum atomic E-state index is 11.0. The van der Waals surface area contributed by atoms with Gasteiger partial charge in [0.05, 0.1) is 13.2 Å². The van der Waals surface area contributed by atoms with Crippen LogP contribution in [0, 0.1) is 5.92 Å². The molecule has 1 aliphatic heterocycles. The largest absolute Gasteiger partial charge is 0.478 e. The fourth-order valence-corrected chi connectivity index (χ4v) is 2.11. The summed E-state index contributed by atoms with van der Waals surface area (Å²) in [6, 6.07) is 0. The third kappa shape index (κ3) is 4.90. The van der Waals surface area contributed by atoms with E-state index in [9.17, 15) is 4.79 Å². The number of carbonyl (C=O) groups is 1. The van der Waals surface area contributed by atoms with Crippen LogP contribution in [0.5, 0.6) is 0 Å². The first-order valence-electron chi connectivity index (χ1n) is 6.64. The van der Waals surface area contributed by atoms with Crippen LogP contribution in [0.15, 0.2) is 11.1 Å². The highest BCUT2D eigenvalue weighted by Crippen LogP contribution is 2.26. The Balaban J connectivity index is 2.46. The van der Waals surface area contributed by atoms with Crippen LogP contribution in [-0.2, 0) is 9.53 Å². The van der Waals surface area contributed by atoms with Crippen LogP contribution in [0.25, 0.3) is 0 Å². The average molecular weight is 240 g/mol. The van der Waals surface area contributed by atoms with Crippen molar-refractivity contribution in [2.45, 2.75) is 52.4 Å². The molecular weight excluding hydrogens is 216 g/mol. The van der Waals surface area contributed by atoms with Gasteiger partial charge in [-0.05, 0) is 26.2 Å². The van der Waals surface area contributed by atoms with E-state index in [4.69, 9.17) is 9.84 Å². The molecule has 0 aromatic carbocycles. The van der Waals surface area contributed by atoms with E-state index in [1.807, 2.05) is 0 Å². The number of carboxylic acids is 1. The van der Waals surface area contributed by atoms with Gasteiger partial charge in [-0.15, -0.1) is 0 Å². The standard InChI is InChI=1S/C14H24O3/c1-3-4-5-6-7-13(11(2)14(15)16)8-12-9-17-10-12/h12H,3-10H2,1-2H3,(H,15,16). The monoisotopic (exact) mass is 240 g/mol. The Bertz CT molecular complexity index is 277. The maximum absolute atomic E-state index is 11.0. The second kappa shape index (κ2) is 7.49. The molecule has 17 heavy (non-hydrogen) atoms. The molecule has 0 spiro atoms. The lowest BCUT2D eigenvalue weighted by Gasteiger charge is -2.27. The maximum Gasteiger partial charge on any atom is 0.331 e. The number of carboxylic acid groups (broad SMARTS) is 1. The molecule has 0 aliphatic carbocycles. The number of aliphatic carboxylic acids is 1. The van der Waals surface area contributed by atoms with E-state index < -0.39 is 5.97 Å². The number of hydrogen-bond acceptors (Lipinski definition) is 2. The quantitative estimate of drug-likeness (QED) is 0.522. The van der Waals surface area contributed by atoms with E-state index >= 15 is 0 Å². The molecule has 0 saturated carbocycles. The normalized spacial score (nSPS) is 17.5. The highest BCUT2D eigenvalue weighted by molar-refractivity contribution is 5.86. The molecule has 0 aromatic rings. The second-order valence-corrected chi connectivity index (χ2v) is 4.95. The van der Waals surface area contributed by atoms with E-state index in [2.05, 4.69) is 6.92 Å². The van der Waals surface area contributed by atoms with Crippen LogP contribution >= 0.6 is 0 Å². The predicted molar refractivity (Wildman–Crippen MR) is 68.0 cm³/mol. The molecule has 1 fully saturated rings. The van der Waals surface area contributed by atoms with Crippen molar-refractivity contribution in [2.24, 2.45) is 5.92 Å². The van der Waals surface area contributed by atoms with Crippen molar-refractivity contribution in [3.8, 4) is 0 Å². The summed E-state index contributed by atoms with van der Waals surface area (Å²) in [6.07, 6.45) is 6.62. The zero-order valence-corrected chi connectivity index (χ0v) is 11.0. The Labute approximate surface area is 104 Å². The van der Waals surface area contributed by atoms with Gasteiger partial charge in [0.15, 0.2) is 0 Å². The van der Waals surface area contributed by atoms with Gasteiger partial charge in [-0.3, -0.25) is 0 Å². The zero-order valence-electron chi connectivity index (χ0n) is 11.0. The number of rotatable bonds is 8. The summed E-state index contributed by atoms with van der Waals surface area (Å²) in [5, 5.41) is 9.07. The summed E-state index contributed by atoms with van der Waals surface area (Å²) in [4.78, 5) is 11.0. The highest BCUT2D eigenvalue weighted by atomic mass is 16.5. The SMILES string of the molecule is CCCCCCC(CC1COC1)=C(C)C(=O)O. The van der Waals surface area contributed by atoms with Crippen molar-refractivity contribution in [3.05, 3.63) is 11.1 Å². The van der Waals surface area contributed by atoms with E-state index in [0.29, 0.717) is 11.5 Å². The molecule has 3 heteroatoms. The lowest BCUT2D eigenvalue weighted by Crippen LogP contribution is -2.28. The Morgan fingerprint density at radius 3 is 2.47 bits per heavy atom. The van der Waals surface area contributed by atoms with Crippen molar-refractivity contribution >= 4 is 5.97 Å². The van der Waals surface area contributed by atoms with Gasteiger partial charge in [0, 0.05) is 11.5 Å². The summed E-state index contributed by atoms with van der Waals surface area (Å²) in [5.74, 6) is -0.221. The number of allylic oxidation sites excluding steroid dienone is 1. The smallest absolute Gasteiger partial charge is 0.331 e. The molecule has 0 radical (unpaired) electrons. The van der Waals surface area contributed by atoms with Gasteiger partial charge in [0.25, 0.3) is 0 Å². The third-order valence-electron chi connectivity index (χ3n) is 3.43. The highest BCUT2D eigenvalue weighted by Gasteiger charge is 2.21. The van der Waals surface area contributed by atoms with Crippen molar-refractivity contribution in [1.29, 1.82) is 0 Å². The molecule has 1 rings (SSSR count). The summed E-state index contributed by atoms with van der Waals surface area (Å²) in [6.45, 7) is 5.51. The topological polar surface area (TPSA) is 46.5 Å². The minimum Gasteiger partial charge on any atom is -0.478 e. The molecule has 1 N–H and O–H groups in total. The van der Waals surface area contributed by atoms with Gasteiger partial charge in [-0.1, -0.05) is 31.8 Å². The van der Waals surface area contributed by atoms with Gasteiger partial charge in [-0.25, -0.2) is 4.79 Å². The first-order valence-corrected chi connectivity index (χ1v) is 6.64. The minimum atomic E-state index is -0.768. The van der Waals surface area contributed by atoms with Crippen LogP contribution in [0.3, 0.4) is 0 Å². The molecule has 1 heterocycles. The van der Waals surface area contributed by atoms with Crippen LogP contribution < -0.4 is 0 Å². The zero-order chi connectivity index (χ0) is 12.7. The molecule has 0 atom stereocenters. The fourth-order valence-electron chi connectivity index (χ4n) is 2.11. The molecule has 1 saturated heterocycles. The van der Waals surface area contributed by atoms with Crippen LogP contribution in [0.1, 0.15) is 52.4 Å². The average Bonchev–Trinajstić information content (AvgIpc) is 2.24. The molecule has 1 aliphatic rings.